The van der Waals surface area contributed by atoms with Crippen LogP contribution in [0.2, 0.25) is 0 Å². The van der Waals surface area contributed by atoms with Gasteiger partial charge in [0.1, 0.15) is 5.75 Å². The average Bonchev–Trinajstić information content (AvgIpc) is 2.38. The smallest absolute Gasteiger partial charge is 0.123 e. The molecular weight excluding hydrogens is 252 g/mol. The second-order valence-corrected chi connectivity index (χ2v) is 7.13. The van der Waals surface area contributed by atoms with Crippen molar-refractivity contribution in [3.63, 3.8) is 0 Å². The lowest BCUT2D eigenvalue weighted by Gasteiger charge is -2.27. The Labute approximate surface area is 122 Å². The number of aromatic hydroxyl groups is 1. The number of hydrogen-bond donors (Lipinski definition) is 2. The standard InChI is InChI=1S/C17H26OS/c1-17(2,3)14-9-13(11-19)16(18)15(10-14)12-7-5-4-6-8-12/h9-10,12,18-19H,4-8,11H2,1-3H3. The molecule has 0 heterocycles. The van der Waals surface area contributed by atoms with Crippen LogP contribution in [0.1, 0.15) is 75.5 Å². The molecule has 0 spiro atoms. The molecule has 1 aromatic rings. The number of phenols is 1. The summed E-state index contributed by atoms with van der Waals surface area (Å²) in [5, 5.41) is 10.5. The van der Waals surface area contributed by atoms with E-state index in [1.807, 2.05) is 0 Å². The molecule has 2 rings (SSSR count). The molecule has 0 unspecified atom stereocenters. The van der Waals surface area contributed by atoms with Gasteiger partial charge >= 0.3 is 0 Å². The number of hydrogen-bond acceptors (Lipinski definition) is 2. The van der Waals surface area contributed by atoms with Gasteiger partial charge < -0.3 is 5.11 Å². The third kappa shape index (κ3) is 3.28. The van der Waals surface area contributed by atoms with E-state index in [2.05, 4.69) is 45.5 Å². The highest BCUT2D eigenvalue weighted by atomic mass is 32.1. The van der Waals surface area contributed by atoms with E-state index in [1.165, 1.54) is 37.7 Å². The first-order valence-corrected chi connectivity index (χ1v) is 8.04. The molecule has 1 nitrogen and oxygen atoms in total. The predicted molar refractivity (Wildman–Crippen MR) is 85.3 cm³/mol. The molecule has 1 N–H and O–H groups in total. The van der Waals surface area contributed by atoms with Crippen molar-refractivity contribution in [2.75, 3.05) is 0 Å². The first-order valence-electron chi connectivity index (χ1n) is 7.40. The van der Waals surface area contributed by atoms with Gasteiger partial charge in [0, 0.05) is 11.3 Å². The van der Waals surface area contributed by atoms with Crippen molar-refractivity contribution in [2.45, 2.75) is 70.0 Å². The maximum atomic E-state index is 10.5. The fourth-order valence-corrected chi connectivity index (χ4v) is 3.24. The molecule has 0 atom stereocenters. The van der Waals surface area contributed by atoms with Crippen LogP contribution in [0.15, 0.2) is 12.1 Å². The molecule has 1 saturated carbocycles. The van der Waals surface area contributed by atoms with Gasteiger partial charge in [-0.3, -0.25) is 0 Å². The van der Waals surface area contributed by atoms with Gasteiger partial charge in [0.15, 0.2) is 0 Å². The van der Waals surface area contributed by atoms with E-state index in [0.29, 0.717) is 17.4 Å². The van der Waals surface area contributed by atoms with Crippen LogP contribution in [0.4, 0.5) is 0 Å². The highest BCUT2D eigenvalue weighted by molar-refractivity contribution is 7.79. The number of phenolic OH excluding ortho intramolecular Hbond substituents is 1. The molecule has 0 saturated heterocycles. The third-order valence-electron chi connectivity index (χ3n) is 4.30. The topological polar surface area (TPSA) is 20.2 Å². The zero-order valence-electron chi connectivity index (χ0n) is 12.4. The van der Waals surface area contributed by atoms with Gasteiger partial charge in [-0.15, -0.1) is 0 Å². The Morgan fingerprint density at radius 1 is 1.16 bits per heavy atom. The van der Waals surface area contributed by atoms with E-state index >= 15 is 0 Å². The number of thiol groups is 1. The maximum absolute atomic E-state index is 10.5. The Bertz CT molecular complexity index is 439. The number of benzene rings is 1. The van der Waals surface area contributed by atoms with Crippen molar-refractivity contribution >= 4 is 12.6 Å². The Balaban J connectivity index is 2.45. The van der Waals surface area contributed by atoms with E-state index in [0.717, 1.165) is 11.1 Å². The minimum Gasteiger partial charge on any atom is -0.507 e. The first kappa shape index (κ1) is 14.8. The Kier molecular flexibility index (Phi) is 4.50. The largest absolute Gasteiger partial charge is 0.507 e. The summed E-state index contributed by atoms with van der Waals surface area (Å²) < 4.78 is 0. The molecule has 1 aromatic carbocycles. The normalized spacial score (nSPS) is 17.7. The van der Waals surface area contributed by atoms with Crippen molar-refractivity contribution in [3.8, 4) is 5.75 Å². The molecule has 1 aliphatic rings. The van der Waals surface area contributed by atoms with Gasteiger partial charge in [0.05, 0.1) is 0 Å². The summed E-state index contributed by atoms with van der Waals surface area (Å²) in [7, 11) is 0. The summed E-state index contributed by atoms with van der Waals surface area (Å²) in [6.45, 7) is 6.69. The molecule has 0 aromatic heterocycles. The van der Waals surface area contributed by atoms with Crippen molar-refractivity contribution < 1.29 is 5.11 Å². The van der Waals surface area contributed by atoms with Crippen LogP contribution in [0.3, 0.4) is 0 Å². The van der Waals surface area contributed by atoms with Crippen LogP contribution in [-0.4, -0.2) is 5.11 Å². The Morgan fingerprint density at radius 2 is 1.79 bits per heavy atom. The minimum atomic E-state index is 0.120. The monoisotopic (exact) mass is 278 g/mol. The maximum Gasteiger partial charge on any atom is 0.123 e. The molecule has 0 bridgehead atoms. The molecule has 1 aliphatic carbocycles. The van der Waals surface area contributed by atoms with E-state index in [4.69, 9.17) is 0 Å². The van der Waals surface area contributed by atoms with Crippen LogP contribution >= 0.6 is 12.6 Å². The summed E-state index contributed by atoms with van der Waals surface area (Å²) in [4.78, 5) is 0. The predicted octanol–water partition coefficient (Wildman–Crippen LogP) is 5.17. The van der Waals surface area contributed by atoms with Crippen molar-refractivity contribution in [1.29, 1.82) is 0 Å². The zero-order valence-corrected chi connectivity index (χ0v) is 13.3. The lowest BCUT2D eigenvalue weighted by molar-refractivity contribution is 0.411. The van der Waals surface area contributed by atoms with Crippen LogP contribution in [0.5, 0.6) is 5.75 Å². The molecule has 0 amide bonds. The Hall–Kier alpha value is -0.630. The van der Waals surface area contributed by atoms with E-state index < -0.39 is 0 Å². The summed E-state index contributed by atoms with van der Waals surface area (Å²) in [5.41, 5.74) is 3.58. The molecule has 1 fully saturated rings. The van der Waals surface area contributed by atoms with Crippen molar-refractivity contribution in [1.82, 2.24) is 0 Å². The molecule has 106 valence electrons. The second kappa shape index (κ2) is 5.78. The molecule has 19 heavy (non-hydrogen) atoms. The lowest BCUT2D eigenvalue weighted by Crippen LogP contribution is -2.14. The summed E-state index contributed by atoms with van der Waals surface area (Å²) >= 11 is 4.37. The fraction of sp³-hybridized carbons (Fsp3) is 0.647. The molecule has 0 radical (unpaired) electrons. The minimum absolute atomic E-state index is 0.120. The van der Waals surface area contributed by atoms with Crippen LogP contribution in [-0.2, 0) is 11.2 Å². The quantitative estimate of drug-likeness (QED) is 0.715. The summed E-state index contributed by atoms with van der Waals surface area (Å²) in [6.07, 6.45) is 6.36. The van der Waals surface area contributed by atoms with Crippen LogP contribution in [0, 0.1) is 0 Å². The van der Waals surface area contributed by atoms with Gasteiger partial charge in [-0.05, 0) is 35.3 Å². The SMILES string of the molecule is CC(C)(C)c1cc(CS)c(O)c(C2CCCCC2)c1. The molecular formula is C17H26OS. The van der Waals surface area contributed by atoms with E-state index in [9.17, 15) is 5.11 Å². The third-order valence-corrected chi connectivity index (χ3v) is 4.64. The molecule has 2 heteroatoms. The first-order chi connectivity index (χ1) is 8.93. The van der Waals surface area contributed by atoms with Crippen LogP contribution in [0.25, 0.3) is 0 Å². The Morgan fingerprint density at radius 3 is 2.32 bits per heavy atom. The lowest BCUT2D eigenvalue weighted by atomic mass is 9.79. The average molecular weight is 278 g/mol. The summed E-state index contributed by atoms with van der Waals surface area (Å²) in [5.74, 6) is 1.64. The molecule has 0 aliphatic heterocycles. The van der Waals surface area contributed by atoms with Gasteiger partial charge in [0.25, 0.3) is 0 Å². The van der Waals surface area contributed by atoms with Crippen molar-refractivity contribution in [2.24, 2.45) is 0 Å². The van der Waals surface area contributed by atoms with Gasteiger partial charge in [-0.1, -0.05) is 52.2 Å². The van der Waals surface area contributed by atoms with E-state index in [-0.39, 0.29) is 5.41 Å². The van der Waals surface area contributed by atoms with Crippen LogP contribution < -0.4 is 0 Å². The van der Waals surface area contributed by atoms with Gasteiger partial charge in [0.2, 0.25) is 0 Å². The van der Waals surface area contributed by atoms with E-state index in [1.54, 1.807) is 0 Å². The highest BCUT2D eigenvalue weighted by Crippen LogP contribution is 2.41. The van der Waals surface area contributed by atoms with Crippen molar-refractivity contribution in [3.05, 3.63) is 28.8 Å². The highest BCUT2D eigenvalue weighted by Gasteiger charge is 2.23. The zero-order chi connectivity index (χ0) is 14.0. The number of rotatable bonds is 2. The van der Waals surface area contributed by atoms with Gasteiger partial charge in [-0.25, -0.2) is 0 Å². The fourth-order valence-electron chi connectivity index (χ4n) is 3.00. The summed E-state index contributed by atoms with van der Waals surface area (Å²) in [6, 6.07) is 4.35. The van der Waals surface area contributed by atoms with Gasteiger partial charge in [-0.2, -0.15) is 12.6 Å². The second-order valence-electron chi connectivity index (χ2n) is 6.82.